The Labute approximate surface area is 234 Å². The first-order valence-corrected chi connectivity index (χ1v) is 13.2. The van der Waals surface area contributed by atoms with Crippen molar-refractivity contribution < 1.29 is 28.9 Å². The third kappa shape index (κ3) is 9.56. The number of carbonyl (C=O) groups excluding carboxylic acids is 1. The summed E-state index contributed by atoms with van der Waals surface area (Å²) in [5.74, 6) is -1.46. The first-order chi connectivity index (χ1) is 19.4. The molecule has 0 radical (unpaired) electrons. The monoisotopic (exact) mass is 582 g/mol. The molecule has 0 saturated carbocycles. The van der Waals surface area contributed by atoms with Crippen LogP contribution in [0.4, 0.5) is 17.1 Å². The van der Waals surface area contributed by atoms with Crippen LogP contribution in [-0.4, -0.2) is 53.7 Å². The Kier molecular flexibility index (Phi) is 11.6. The van der Waals surface area contributed by atoms with Crippen LogP contribution < -0.4 is 5.43 Å². The lowest BCUT2D eigenvalue weighted by Gasteiger charge is -2.02. The molecule has 41 heavy (non-hydrogen) atoms. The van der Waals surface area contributed by atoms with Crippen LogP contribution in [0.1, 0.15) is 15.9 Å². The molecule has 0 aliphatic heterocycles. The van der Waals surface area contributed by atoms with Crippen LogP contribution >= 0.6 is 0 Å². The topological polar surface area (TPSA) is 221 Å². The van der Waals surface area contributed by atoms with Crippen molar-refractivity contribution in [2.24, 2.45) is 5.10 Å². The summed E-state index contributed by atoms with van der Waals surface area (Å²) in [5.41, 5.74) is 1.00. The Hall–Kier alpha value is -5.64. The van der Waals surface area contributed by atoms with Crippen molar-refractivity contribution >= 4 is 50.8 Å². The van der Waals surface area contributed by atoms with Gasteiger partial charge >= 0.3 is 11.4 Å². The number of hydrazone groups is 1. The second-order valence-corrected chi connectivity index (χ2v) is 9.33. The maximum absolute atomic E-state index is 11.8. The highest BCUT2D eigenvalue weighted by Crippen LogP contribution is 2.38. The molecule has 0 unspecified atom stereocenters. The highest BCUT2D eigenvalue weighted by molar-refractivity contribution is 7.83. The average molecular weight is 583 g/mol. The Bertz CT molecular complexity index is 1590. The fourth-order valence-corrected chi connectivity index (χ4v) is 3.06. The molecule has 0 fully saturated rings. The van der Waals surface area contributed by atoms with Crippen LogP contribution in [-0.2, 0) is 10.8 Å². The van der Waals surface area contributed by atoms with Gasteiger partial charge in [-0.15, -0.1) is 0 Å². The lowest BCUT2D eigenvalue weighted by Crippen LogP contribution is -2.17. The molecule has 0 aliphatic rings. The summed E-state index contributed by atoms with van der Waals surface area (Å²) in [6.07, 6.45) is 8.08. The van der Waals surface area contributed by atoms with Crippen molar-refractivity contribution in [1.29, 1.82) is 0 Å². The Balaban J connectivity index is 0.000000262. The van der Waals surface area contributed by atoms with Crippen molar-refractivity contribution in [1.82, 2.24) is 10.4 Å². The lowest BCUT2D eigenvalue weighted by molar-refractivity contribution is -0.404. The van der Waals surface area contributed by atoms with Gasteiger partial charge in [0.05, 0.1) is 33.1 Å². The van der Waals surface area contributed by atoms with E-state index in [4.69, 9.17) is 5.11 Å². The highest BCUT2D eigenvalue weighted by atomic mass is 32.2. The first-order valence-electron chi connectivity index (χ1n) is 11.2. The van der Waals surface area contributed by atoms with Gasteiger partial charge in [-0.2, -0.15) is 5.10 Å². The van der Waals surface area contributed by atoms with Crippen molar-refractivity contribution in [2.75, 3.05) is 12.5 Å². The Morgan fingerprint density at radius 3 is 1.98 bits per heavy atom. The standard InChI is InChI=1S/C17H13N3O.C6H3N3O7.C2H6OS/c21-17(14-8-10-18-11-9-14)20-19-12-15-6-3-5-13-4-1-2-7-16(13)15;10-6-4(8(13)14)1-3(7(11)12)2-5(6)9(15)16;1-4(2)3/h1-12H,(H,20,21);1-2,10H;1-2H3/b19-12+;;. The molecule has 1 amide bonds. The molecule has 0 bridgehead atoms. The molecule has 4 aromatic rings. The van der Waals surface area contributed by atoms with Gasteiger partial charge < -0.3 is 5.11 Å². The molecule has 15 nitrogen and oxygen atoms in total. The minimum absolute atomic E-state index is 0.256. The van der Waals surface area contributed by atoms with E-state index in [9.17, 15) is 39.3 Å². The SMILES string of the molecule is CS(C)=O.O=C(N/N=C/c1cccc2ccccc12)c1ccncc1.O=[N+]([O-])c1cc([N+](=O)[O-])c(O)c([N+](=O)[O-])c1. The van der Waals surface area contributed by atoms with Gasteiger partial charge in [0.15, 0.2) is 0 Å². The lowest BCUT2D eigenvalue weighted by atomic mass is 10.1. The highest BCUT2D eigenvalue weighted by Gasteiger charge is 2.30. The van der Waals surface area contributed by atoms with E-state index in [1.807, 2.05) is 42.5 Å². The number of benzene rings is 3. The number of fused-ring (bicyclic) bond motifs is 1. The second-order valence-electron chi connectivity index (χ2n) is 7.85. The number of nitrogens with zero attached hydrogens (tertiary/aromatic N) is 5. The second kappa shape index (κ2) is 15.1. The number of carbonyl (C=O) groups is 1. The van der Waals surface area contributed by atoms with Crippen LogP contribution in [0.15, 0.2) is 84.2 Å². The number of rotatable bonds is 6. The van der Waals surface area contributed by atoms with Crippen LogP contribution in [0, 0.1) is 30.3 Å². The number of nitro groups is 3. The molecule has 0 saturated heterocycles. The Morgan fingerprint density at radius 1 is 0.902 bits per heavy atom. The fourth-order valence-electron chi connectivity index (χ4n) is 3.06. The van der Waals surface area contributed by atoms with E-state index >= 15 is 0 Å². The van der Waals surface area contributed by atoms with E-state index in [2.05, 4.69) is 15.5 Å². The summed E-state index contributed by atoms with van der Waals surface area (Å²) < 4.78 is 9.56. The van der Waals surface area contributed by atoms with E-state index < -0.39 is 48.4 Å². The summed E-state index contributed by atoms with van der Waals surface area (Å²) in [5, 5.41) is 46.5. The first kappa shape index (κ1) is 31.6. The number of nitro benzene ring substituents is 3. The number of nitrogens with one attached hydrogen (secondary N) is 1. The molecule has 2 N–H and O–H groups in total. The molecule has 1 heterocycles. The van der Waals surface area contributed by atoms with Gasteiger partial charge in [-0.25, -0.2) is 5.43 Å². The Morgan fingerprint density at radius 2 is 1.44 bits per heavy atom. The molecular formula is C25H22N6O9S. The molecule has 212 valence electrons. The van der Waals surface area contributed by atoms with E-state index in [1.54, 1.807) is 43.3 Å². The smallest absolute Gasteiger partial charge is 0.324 e. The number of aromatic nitrogens is 1. The van der Waals surface area contributed by atoms with Crippen molar-refractivity contribution in [3.8, 4) is 5.75 Å². The van der Waals surface area contributed by atoms with Crippen molar-refractivity contribution in [2.45, 2.75) is 0 Å². The number of hydrogen-bond donors (Lipinski definition) is 2. The minimum Gasteiger partial charge on any atom is -0.497 e. The maximum Gasteiger partial charge on any atom is 0.324 e. The number of pyridine rings is 1. The molecule has 4 rings (SSSR count). The molecule has 0 spiro atoms. The number of hydrogen-bond acceptors (Lipinski definition) is 11. The van der Waals surface area contributed by atoms with Gasteiger partial charge in [0.25, 0.3) is 17.3 Å². The van der Waals surface area contributed by atoms with Gasteiger partial charge in [-0.3, -0.25) is 44.3 Å². The maximum atomic E-state index is 11.8. The normalized spacial score (nSPS) is 10.2. The summed E-state index contributed by atoms with van der Waals surface area (Å²) in [4.78, 5) is 43.5. The third-order valence-electron chi connectivity index (χ3n) is 4.79. The molecule has 16 heteroatoms. The van der Waals surface area contributed by atoms with Crippen molar-refractivity contribution in [3.63, 3.8) is 0 Å². The van der Waals surface area contributed by atoms with Gasteiger partial charge in [-0.05, 0) is 22.9 Å². The van der Waals surface area contributed by atoms with Crippen LogP contribution in [0.5, 0.6) is 5.75 Å². The van der Waals surface area contributed by atoms with E-state index in [0.29, 0.717) is 17.7 Å². The van der Waals surface area contributed by atoms with Gasteiger partial charge in [-0.1, -0.05) is 42.5 Å². The zero-order valence-corrected chi connectivity index (χ0v) is 22.3. The van der Waals surface area contributed by atoms with E-state index in [0.717, 1.165) is 16.3 Å². The summed E-state index contributed by atoms with van der Waals surface area (Å²) in [6, 6.07) is 18.2. The molecular weight excluding hydrogens is 560 g/mol. The molecule has 3 aromatic carbocycles. The summed E-state index contributed by atoms with van der Waals surface area (Å²) in [6.45, 7) is 0. The van der Waals surface area contributed by atoms with E-state index in [1.165, 1.54) is 0 Å². The molecule has 0 aliphatic carbocycles. The minimum atomic E-state index is -1.21. The van der Waals surface area contributed by atoms with E-state index in [-0.39, 0.29) is 5.91 Å². The largest absolute Gasteiger partial charge is 0.497 e. The van der Waals surface area contributed by atoms with Crippen LogP contribution in [0.25, 0.3) is 10.8 Å². The zero-order valence-electron chi connectivity index (χ0n) is 21.4. The summed E-state index contributed by atoms with van der Waals surface area (Å²) >= 11 is 0. The quantitative estimate of drug-likeness (QED) is 0.188. The van der Waals surface area contributed by atoms with Crippen LogP contribution in [0.2, 0.25) is 0 Å². The van der Waals surface area contributed by atoms with Crippen molar-refractivity contribution in [3.05, 3.63) is 121 Å². The predicted octanol–water partition coefficient (Wildman–Crippen LogP) is 4.11. The number of amides is 1. The molecule has 0 atom stereocenters. The van der Waals surface area contributed by atoms with Crippen LogP contribution in [0.3, 0.4) is 0 Å². The van der Waals surface area contributed by atoms with Gasteiger partial charge in [0.1, 0.15) is 0 Å². The van der Waals surface area contributed by atoms with Gasteiger partial charge in [0, 0.05) is 46.8 Å². The van der Waals surface area contributed by atoms with Gasteiger partial charge in [0.2, 0.25) is 0 Å². The summed E-state index contributed by atoms with van der Waals surface area (Å²) in [7, 11) is -0.611. The predicted molar refractivity (Wildman–Crippen MR) is 151 cm³/mol. The number of aromatic hydroxyl groups is 1. The average Bonchev–Trinajstić information content (AvgIpc) is 2.93. The zero-order chi connectivity index (χ0) is 30.5. The molecule has 1 aromatic heterocycles. The number of phenolic OH excluding ortho intramolecular Hbond substituents is 1. The fraction of sp³-hybridized carbons (Fsp3) is 0.0800. The number of phenols is 1. The third-order valence-corrected chi connectivity index (χ3v) is 4.79. The number of non-ortho nitro benzene ring substituents is 1.